The number of para-hydroxylation sites is 2. The van der Waals surface area contributed by atoms with Crippen molar-refractivity contribution in [3.63, 3.8) is 0 Å². The van der Waals surface area contributed by atoms with Crippen LogP contribution in [0, 0.1) is 0 Å². The van der Waals surface area contributed by atoms with E-state index in [1.165, 1.54) is 5.56 Å². The second-order valence-corrected chi connectivity index (χ2v) is 5.73. The molecular weight excluding hydrogens is 338 g/mol. The van der Waals surface area contributed by atoms with E-state index >= 15 is 0 Å². The van der Waals surface area contributed by atoms with Crippen molar-refractivity contribution in [1.82, 2.24) is 15.2 Å². The van der Waals surface area contributed by atoms with E-state index < -0.39 is 0 Å². The lowest BCUT2D eigenvalue weighted by atomic mass is 10.1. The normalized spacial score (nSPS) is 10.3. The molecule has 0 spiro atoms. The molecule has 0 saturated carbocycles. The number of halogens is 1. The number of anilines is 3. The van der Waals surface area contributed by atoms with Crippen molar-refractivity contribution in [2.75, 3.05) is 24.3 Å². The van der Waals surface area contributed by atoms with Gasteiger partial charge in [0.1, 0.15) is 5.75 Å². The molecule has 0 bridgehead atoms. The minimum atomic E-state index is 0.467. The number of benzene rings is 2. The van der Waals surface area contributed by atoms with Gasteiger partial charge in [-0.05, 0) is 36.2 Å². The summed E-state index contributed by atoms with van der Waals surface area (Å²) < 4.78 is 5.32. The summed E-state index contributed by atoms with van der Waals surface area (Å²) in [6, 6.07) is 15.4. The number of hydrogen-bond acceptors (Lipinski definition) is 6. The Morgan fingerprint density at radius 2 is 1.88 bits per heavy atom. The van der Waals surface area contributed by atoms with E-state index in [-0.39, 0.29) is 0 Å². The van der Waals surface area contributed by atoms with Gasteiger partial charge in [-0.3, -0.25) is 0 Å². The fourth-order valence-corrected chi connectivity index (χ4v) is 2.42. The molecule has 0 aliphatic rings. The molecule has 0 unspecified atom stereocenters. The number of rotatable bonds is 7. The zero-order valence-corrected chi connectivity index (χ0v) is 14.5. The maximum absolute atomic E-state index is 5.89. The molecule has 0 atom stereocenters. The molecule has 3 rings (SSSR count). The van der Waals surface area contributed by atoms with Crippen LogP contribution in [0.4, 0.5) is 17.5 Å². The van der Waals surface area contributed by atoms with Gasteiger partial charge in [0.15, 0.2) is 5.82 Å². The summed E-state index contributed by atoms with van der Waals surface area (Å²) in [6.45, 7) is 0.696. The first kappa shape index (κ1) is 17.0. The molecule has 0 saturated heterocycles. The van der Waals surface area contributed by atoms with Gasteiger partial charge in [-0.15, -0.1) is 5.10 Å². The van der Waals surface area contributed by atoms with Crippen LogP contribution in [0.25, 0.3) is 0 Å². The summed E-state index contributed by atoms with van der Waals surface area (Å²) in [5.74, 6) is 1.79. The van der Waals surface area contributed by atoms with E-state index in [2.05, 4.69) is 25.8 Å². The molecule has 6 nitrogen and oxygen atoms in total. The van der Waals surface area contributed by atoms with Crippen LogP contribution in [0.3, 0.4) is 0 Å². The molecule has 128 valence electrons. The molecule has 0 aliphatic heterocycles. The third kappa shape index (κ3) is 4.81. The zero-order chi connectivity index (χ0) is 17.5. The lowest BCUT2D eigenvalue weighted by molar-refractivity contribution is 0.417. The summed E-state index contributed by atoms with van der Waals surface area (Å²) in [5, 5.41) is 15.1. The van der Waals surface area contributed by atoms with Gasteiger partial charge in [0, 0.05) is 11.6 Å². The average Bonchev–Trinajstić information content (AvgIpc) is 2.64. The lowest BCUT2D eigenvalue weighted by Crippen LogP contribution is -2.09. The van der Waals surface area contributed by atoms with E-state index in [1.54, 1.807) is 13.3 Å². The van der Waals surface area contributed by atoms with Crippen molar-refractivity contribution < 1.29 is 4.74 Å². The van der Waals surface area contributed by atoms with Crippen molar-refractivity contribution >= 4 is 29.1 Å². The lowest BCUT2D eigenvalue weighted by Gasteiger charge is -2.10. The maximum atomic E-state index is 5.89. The van der Waals surface area contributed by atoms with Gasteiger partial charge in [0.05, 0.1) is 19.0 Å². The molecule has 0 fully saturated rings. The second kappa shape index (κ2) is 8.30. The van der Waals surface area contributed by atoms with Gasteiger partial charge < -0.3 is 15.4 Å². The molecule has 0 radical (unpaired) electrons. The van der Waals surface area contributed by atoms with Crippen LogP contribution >= 0.6 is 11.6 Å². The predicted molar refractivity (Wildman–Crippen MR) is 99.7 cm³/mol. The average molecular weight is 356 g/mol. The van der Waals surface area contributed by atoms with E-state index in [1.807, 2.05) is 48.5 Å². The quantitative estimate of drug-likeness (QED) is 0.669. The standard InChI is InChI=1S/C18H18ClN5O/c1-25-16-5-3-2-4-15(16)22-17-12-21-24-18(23-17)20-11-10-13-6-8-14(19)9-7-13/h2-9,12H,10-11H2,1H3,(H2,20,22,23,24). The van der Waals surface area contributed by atoms with E-state index in [0.29, 0.717) is 18.3 Å². The van der Waals surface area contributed by atoms with Gasteiger partial charge >= 0.3 is 0 Å². The maximum Gasteiger partial charge on any atom is 0.244 e. The fraction of sp³-hybridized carbons (Fsp3) is 0.167. The minimum Gasteiger partial charge on any atom is -0.495 e. The summed E-state index contributed by atoms with van der Waals surface area (Å²) in [7, 11) is 1.63. The Labute approximate surface area is 151 Å². The van der Waals surface area contributed by atoms with Gasteiger partial charge in [-0.2, -0.15) is 10.1 Å². The summed E-state index contributed by atoms with van der Waals surface area (Å²) in [6.07, 6.45) is 2.40. The van der Waals surface area contributed by atoms with Crippen LogP contribution in [0.1, 0.15) is 5.56 Å². The predicted octanol–water partition coefficient (Wildman–Crippen LogP) is 3.93. The van der Waals surface area contributed by atoms with E-state index in [9.17, 15) is 0 Å². The van der Waals surface area contributed by atoms with Crippen LogP contribution < -0.4 is 15.4 Å². The Balaban J connectivity index is 1.60. The smallest absolute Gasteiger partial charge is 0.244 e. The van der Waals surface area contributed by atoms with E-state index in [4.69, 9.17) is 16.3 Å². The van der Waals surface area contributed by atoms with Gasteiger partial charge in [-0.25, -0.2) is 0 Å². The third-order valence-corrected chi connectivity index (χ3v) is 3.79. The molecule has 3 aromatic rings. The van der Waals surface area contributed by atoms with Gasteiger partial charge in [-0.1, -0.05) is 35.9 Å². The fourth-order valence-electron chi connectivity index (χ4n) is 2.29. The van der Waals surface area contributed by atoms with Crippen LogP contribution in [0.15, 0.2) is 54.7 Å². The van der Waals surface area contributed by atoms with Crippen molar-refractivity contribution in [2.24, 2.45) is 0 Å². The number of ether oxygens (including phenoxy) is 1. The van der Waals surface area contributed by atoms with Crippen molar-refractivity contribution in [2.45, 2.75) is 6.42 Å². The SMILES string of the molecule is COc1ccccc1Nc1cnnc(NCCc2ccc(Cl)cc2)n1. The highest BCUT2D eigenvalue weighted by Crippen LogP contribution is 2.25. The number of nitrogens with zero attached hydrogens (tertiary/aromatic N) is 3. The van der Waals surface area contributed by atoms with Crippen LogP contribution in [-0.4, -0.2) is 28.8 Å². The molecule has 7 heteroatoms. The highest BCUT2D eigenvalue weighted by molar-refractivity contribution is 6.30. The molecule has 2 N–H and O–H groups in total. The largest absolute Gasteiger partial charge is 0.495 e. The van der Waals surface area contributed by atoms with Crippen molar-refractivity contribution in [3.05, 3.63) is 65.3 Å². The zero-order valence-electron chi connectivity index (χ0n) is 13.7. The number of aromatic nitrogens is 3. The molecule has 25 heavy (non-hydrogen) atoms. The first-order chi connectivity index (χ1) is 12.2. The minimum absolute atomic E-state index is 0.467. The molecule has 1 heterocycles. The highest BCUT2D eigenvalue weighted by Gasteiger charge is 2.05. The molecule has 2 aromatic carbocycles. The second-order valence-electron chi connectivity index (χ2n) is 5.29. The van der Waals surface area contributed by atoms with Crippen LogP contribution in [0.5, 0.6) is 5.75 Å². The number of hydrogen-bond donors (Lipinski definition) is 2. The van der Waals surface area contributed by atoms with Crippen molar-refractivity contribution in [1.29, 1.82) is 0 Å². The van der Waals surface area contributed by atoms with Crippen LogP contribution in [-0.2, 0) is 6.42 Å². The Bertz CT molecular complexity index is 826. The number of methoxy groups -OCH3 is 1. The molecular formula is C18H18ClN5O. The third-order valence-electron chi connectivity index (χ3n) is 3.54. The summed E-state index contributed by atoms with van der Waals surface area (Å²) in [4.78, 5) is 4.42. The Kier molecular flexibility index (Phi) is 5.64. The Morgan fingerprint density at radius 3 is 2.68 bits per heavy atom. The number of nitrogens with one attached hydrogen (secondary N) is 2. The molecule has 0 amide bonds. The topological polar surface area (TPSA) is 72.0 Å². The van der Waals surface area contributed by atoms with Crippen LogP contribution in [0.2, 0.25) is 5.02 Å². The molecule has 1 aromatic heterocycles. The Morgan fingerprint density at radius 1 is 1.08 bits per heavy atom. The van der Waals surface area contributed by atoms with Gasteiger partial charge in [0.25, 0.3) is 0 Å². The van der Waals surface area contributed by atoms with E-state index in [0.717, 1.165) is 22.9 Å². The van der Waals surface area contributed by atoms with Gasteiger partial charge in [0.2, 0.25) is 5.95 Å². The first-order valence-electron chi connectivity index (χ1n) is 7.82. The highest BCUT2D eigenvalue weighted by atomic mass is 35.5. The monoisotopic (exact) mass is 355 g/mol. The summed E-state index contributed by atoms with van der Waals surface area (Å²) >= 11 is 5.89. The first-order valence-corrected chi connectivity index (χ1v) is 8.20. The van der Waals surface area contributed by atoms with Crippen molar-refractivity contribution in [3.8, 4) is 5.75 Å². The summed E-state index contributed by atoms with van der Waals surface area (Å²) in [5.41, 5.74) is 2.01. The molecule has 0 aliphatic carbocycles. The Hall–Kier alpha value is -2.86.